The Morgan fingerprint density at radius 3 is 2.30 bits per heavy atom. The fourth-order valence-corrected chi connectivity index (χ4v) is 6.25. The van der Waals surface area contributed by atoms with Crippen molar-refractivity contribution in [3.63, 3.8) is 0 Å². The Morgan fingerprint density at radius 1 is 0.767 bits per heavy atom. The maximum atomic E-state index is 13.4. The van der Waals surface area contributed by atoms with Crippen molar-refractivity contribution in [2.24, 2.45) is 0 Å². The van der Waals surface area contributed by atoms with E-state index in [1.54, 1.807) is 25.3 Å². The number of fused-ring (bicyclic) bond motifs is 7. The van der Waals surface area contributed by atoms with Gasteiger partial charge < -0.3 is 28.5 Å². The molecule has 4 atom stereocenters. The van der Waals surface area contributed by atoms with Crippen molar-refractivity contribution in [3.05, 3.63) is 139 Å². The van der Waals surface area contributed by atoms with E-state index in [0.717, 1.165) is 11.1 Å². The molecule has 2 aliphatic rings. The van der Waals surface area contributed by atoms with Crippen LogP contribution in [0.5, 0.6) is 11.5 Å². The zero-order valence-corrected chi connectivity index (χ0v) is 23.5. The number of hydrogen-bond acceptors (Lipinski definition) is 8. The fourth-order valence-electron chi connectivity index (χ4n) is 6.25. The number of rotatable bonds is 7. The van der Waals surface area contributed by atoms with Gasteiger partial charge in [-0.1, -0.05) is 42.5 Å². The van der Waals surface area contributed by atoms with Crippen LogP contribution >= 0.6 is 0 Å². The molecule has 1 aliphatic carbocycles. The Morgan fingerprint density at radius 2 is 1.51 bits per heavy atom. The van der Waals surface area contributed by atoms with Crippen molar-refractivity contribution >= 4 is 11.0 Å². The molecular formula is C35H30O8. The number of hydrogen-bond donors (Lipinski definition) is 2. The predicted octanol–water partition coefficient (Wildman–Crippen LogP) is 4.63. The first-order valence-corrected chi connectivity index (χ1v) is 14.4. The minimum atomic E-state index is -1.30. The van der Waals surface area contributed by atoms with E-state index in [4.69, 9.17) is 18.3 Å². The van der Waals surface area contributed by atoms with Crippen molar-refractivity contribution in [1.29, 1.82) is 0 Å². The van der Waals surface area contributed by atoms with Gasteiger partial charge in [0.15, 0.2) is 23.1 Å². The molecule has 8 nitrogen and oxygen atoms in total. The molecule has 1 aliphatic heterocycles. The number of methoxy groups -OCH3 is 1. The lowest BCUT2D eigenvalue weighted by molar-refractivity contribution is -0.0826. The second-order valence-corrected chi connectivity index (χ2v) is 11.1. The van der Waals surface area contributed by atoms with E-state index < -0.39 is 24.2 Å². The number of aliphatic hydroxyl groups excluding tert-OH is 2. The topological polar surface area (TPSA) is 119 Å². The molecular weight excluding hydrogens is 548 g/mol. The quantitative estimate of drug-likeness (QED) is 0.287. The third-order valence-corrected chi connectivity index (χ3v) is 8.46. The molecule has 0 saturated heterocycles. The lowest BCUT2D eigenvalue weighted by Crippen LogP contribution is -2.50. The van der Waals surface area contributed by atoms with Crippen LogP contribution in [0.2, 0.25) is 0 Å². The third kappa shape index (κ3) is 4.92. The van der Waals surface area contributed by atoms with Gasteiger partial charge in [-0.05, 0) is 48.2 Å². The largest absolute Gasteiger partial charge is 0.497 e. The second-order valence-electron chi connectivity index (χ2n) is 11.1. The van der Waals surface area contributed by atoms with Crippen LogP contribution in [0.3, 0.4) is 0 Å². The summed E-state index contributed by atoms with van der Waals surface area (Å²) in [5, 5.41) is 22.8. The summed E-state index contributed by atoms with van der Waals surface area (Å²) in [7, 11) is 1.55. The molecule has 2 bridgehead atoms. The minimum absolute atomic E-state index is 0.138. The van der Waals surface area contributed by atoms with Crippen LogP contribution < -0.4 is 20.3 Å². The van der Waals surface area contributed by atoms with Gasteiger partial charge in [0.05, 0.1) is 18.1 Å². The van der Waals surface area contributed by atoms with Gasteiger partial charge in [-0.25, -0.2) is 0 Å². The van der Waals surface area contributed by atoms with Gasteiger partial charge in [-0.2, -0.15) is 0 Å². The highest BCUT2D eigenvalue weighted by Gasteiger charge is 2.50. The first-order valence-electron chi connectivity index (χ1n) is 14.4. The molecule has 7 rings (SSSR count). The number of aliphatic hydroxyl groups is 2. The van der Waals surface area contributed by atoms with Crippen molar-refractivity contribution in [2.75, 3.05) is 7.11 Å². The van der Waals surface area contributed by atoms with E-state index in [2.05, 4.69) is 0 Å². The molecule has 0 unspecified atom stereocenters. The van der Waals surface area contributed by atoms with Gasteiger partial charge in [0.1, 0.15) is 40.5 Å². The van der Waals surface area contributed by atoms with Crippen LogP contribution in [0.1, 0.15) is 51.6 Å². The van der Waals surface area contributed by atoms with Crippen LogP contribution in [0, 0.1) is 0 Å². The van der Waals surface area contributed by atoms with Gasteiger partial charge in [0, 0.05) is 36.5 Å². The first kappa shape index (κ1) is 27.2. The van der Waals surface area contributed by atoms with E-state index in [1.165, 1.54) is 12.1 Å². The molecule has 0 saturated carbocycles. The Kier molecular flexibility index (Phi) is 6.88. The molecule has 3 aromatic carbocycles. The summed E-state index contributed by atoms with van der Waals surface area (Å²) in [6.45, 7) is 0. The number of ether oxygens (including phenoxy) is 2. The summed E-state index contributed by atoms with van der Waals surface area (Å²) in [6.07, 6.45) is -1.16. The lowest BCUT2D eigenvalue weighted by atomic mass is 9.74. The molecule has 218 valence electrons. The third-order valence-electron chi connectivity index (χ3n) is 8.46. The Balaban J connectivity index is 1.15. The van der Waals surface area contributed by atoms with E-state index in [1.807, 2.05) is 48.5 Å². The zero-order chi connectivity index (χ0) is 29.7. The molecule has 5 aromatic rings. The van der Waals surface area contributed by atoms with E-state index in [0.29, 0.717) is 65.2 Å². The molecule has 8 heteroatoms. The second kappa shape index (κ2) is 10.9. The SMILES string of the molecule is COc1ccc2oc(CCc3ccc4c(c3)O[C@H]3[C@H](O)[C@@H]4c4c(oc(CCc5ccccc5)cc4=O)[C@@H]3O)cc(=O)c2c1. The van der Waals surface area contributed by atoms with Gasteiger partial charge in [0.2, 0.25) is 0 Å². The average molecular weight is 579 g/mol. The molecule has 0 amide bonds. The molecule has 0 radical (unpaired) electrons. The normalized spacial score (nSPS) is 20.3. The van der Waals surface area contributed by atoms with Gasteiger partial charge in [-0.15, -0.1) is 0 Å². The van der Waals surface area contributed by atoms with Gasteiger partial charge in [0.25, 0.3) is 0 Å². The van der Waals surface area contributed by atoms with E-state index in [-0.39, 0.29) is 22.2 Å². The van der Waals surface area contributed by atoms with Crippen LogP contribution in [-0.2, 0) is 25.7 Å². The molecule has 43 heavy (non-hydrogen) atoms. The van der Waals surface area contributed by atoms with Gasteiger partial charge in [-0.3, -0.25) is 9.59 Å². The minimum Gasteiger partial charge on any atom is -0.497 e. The smallest absolute Gasteiger partial charge is 0.193 e. The van der Waals surface area contributed by atoms with Crippen LogP contribution in [0.25, 0.3) is 11.0 Å². The van der Waals surface area contributed by atoms with Crippen LogP contribution in [0.15, 0.2) is 97.3 Å². The fraction of sp³-hybridized carbons (Fsp3) is 0.257. The van der Waals surface area contributed by atoms with Crippen LogP contribution in [-0.4, -0.2) is 29.5 Å². The highest BCUT2D eigenvalue weighted by Crippen LogP contribution is 2.48. The summed E-state index contributed by atoms with van der Waals surface area (Å²) in [5.41, 5.74) is 3.06. The molecule has 0 fully saturated rings. The first-order chi connectivity index (χ1) is 20.9. The van der Waals surface area contributed by atoms with Gasteiger partial charge >= 0.3 is 0 Å². The highest BCUT2D eigenvalue weighted by molar-refractivity contribution is 5.78. The van der Waals surface area contributed by atoms with Crippen molar-refractivity contribution < 1.29 is 28.5 Å². The average Bonchev–Trinajstić information content (AvgIpc) is 3.02. The maximum Gasteiger partial charge on any atom is 0.193 e. The Labute approximate surface area is 246 Å². The monoisotopic (exact) mass is 578 g/mol. The number of aryl methyl sites for hydroxylation is 4. The zero-order valence-electron chi connectivity index (χ0n) is 23.5. The van der Waals surface area contributed by atoms with E-state index in [9.17, 15) is 19.8 Å². The van der Waals surface area contributed by atoms with E-state index >= 15 is 0 Å². The predicted molar refractivity (Wildman–Crippen MR) is 159 cm³/mol. The maximum absolute atomic E-state index is 13.4. The Hall–Kier alpha value is -4.66. The Bertz CT molecular complexity index is 1940. The van der Waals surface area contributed by atoms with Crippen molar-refractivity contribution in [3.8, 4) is 11.5 Å². The summed E-state index contributed by atoms with van der Waals surface area (Å²) in [5.74, 6) is 1.60. The summed E-state index contributed by atoms with van der Waals surface area (Å²) in [4.78, 5) is 26.1. The molecule has 3 heterocycles. The molecule has 2 N–H and O–H groups in total. The van der Waals surface area contributed by atoms with Crippen molar-refractivity contribution in [1.82, 2.24) is 0 Å². The summed E-state index contributed by atoms with van der Waals surface area (Å²) < 4.78 is 23.4. The number of benzene rings is 3. The van der Waals surface area contributed by atoms with Crippen molar-refractivity contribution in [2.45, 2.75) is 49.9 Å². The molecule has 2 aromatic heterocycles. The van der Waals surface area contributed by atoms with Crippen LogP contribution in [0.4, 0.5) is 0 Å². The summed E-state index contributed by atoms with van der Waals surface area (Å²) in [6, 6.07) is 23.6. The standard InChI is InChI=1S/C35H30O8/c1-40-21-12-14-28-25(16-21)26(36)17-22(41-28)11-8-20-9-13-24-29(15-20)43-35-32(38)30(24)31-27(37)18-23(42-34(31)33(35)39)10-7-19-5-3-2-4-6-19/h2-6,9,12-18,30,32-33,35,38-39H,7-8,10-11H2,1H3/t30-,32+,33-,35-/m0/s1. The lowest BCUT2D eigenvalue weighted by Gasteiger charge is -2.43. The highest BCUT2D eigenvalue weighted by atomic mass is 16.5. The molecule has 0 spiro atoms. The summed E-state index contributed by atoms with van der Waals surface area (Å²) >= 11 is 0.